The molecule has 176 valence electrons. The third-order valence-electron chi connectivity index (χ3n) is 7.81. The van der Waals surface area contributed by atoms with Crippen LogP contribution in [0.4, 0.5) is 13.2 Å². The van der Waals surface area contributed by atoms with Gasteiger partial charge in [0.2, 0.25) is 0 Å². The number of rotatable bonds is 3. The molecule has 0 bridgehead atoms. The minimum absolute atomic E-state index is 0.0458. The fourth-order valence-corrected chi connectivity index (χ4v) is 6.11. The van der Waals surface area contributed by atoms with E-state index in [0.717, 1.165) is 12.8 Å². The third kappa shape index (κ3) is 3.17. The first-order chi connectivity index (χ1) is 15.2. The minimum Gasteiger partial charge on any atom is -0.497 e. The lowest BCUT2D eigenvalue weighted by atomic mass is 9.87. The summed E-state index contributed by atoms with van der Waals surface area (Å²) in [5, 5.41) is 0.454. The van der Waals surface area contributed by atoms with Crippen LogP contribution in [-0.2, 0) is 4.74 Å². The van der Waals surface area contributed by atoms with Crippen molar-refractivity contribution in [1.29, 1.82) is 0 Å². The van der Waals surface area contributed by atoms with Crippen LogP contribution in [0, 0.1) is 11.8 Å². The second kappa shape index (κ2) is 7.48. The largest absolute Gasteiger partial charge is 0.497 e. The Hall–Kier alpha value is -2.07. The summed E-state index contributed by atoms with van der Waals surface area (Å²) in [5.41, 5.74) is 5.37. The zero-order valence-corrected chi connectivity index (χ0v) is 18.2. The number of nitrogens with one attached hydrogen (secondary N) is 1. The number of nitrogens with two attached hydrogens (primary N) is 1. The van der Waals surface area contributed by atoms with Gasteiger partial charge in [-0.3, -0.25) is 19.2 Å². The lowest BCUT2D eigenvalue weighted by Crippen LogP contribution is -2.62. The number of aromatic amines is 1. The molecule has 1 aromatic rings. The molecule has 4 aliphatic rings. The molecule has 0 radical (unpaired) electrons. The molecule has 0 aromatic carbocycles. The Kier molecular flexibility index (Phi) is 5.09. The van der Waals surface area contributed by atoms with Crippen molar-refractivity contribution < 1.29 is 17.9 Å². The highest BCUT2D eigenvalue weighted by Crippen LogP contribution is 2.43. The van der Waals surface area contributed by atoms with Gasteiger partial charge in [0.1, 0.15) is 11.0 Å². The van der Waals surface area contributed by atoms with Crippen LogP contribution in [-0.4, -0.2) is 58.8 Å². The van der Waals surface area contributed by atoms with Gasteiger partial charge in [-0.25, -0.2) is 18.0 Å². The van der Waals surface area contributed by atoms with Crippen LogP contribution < -0.4 is 27.6 Å². The molecule has 3 fully saturated rings. The highest BCUT2D eigenvalue weighted by molar-refractivity contribution is 5.61. The summed E-state index contributed by atoms with van der Waals surface area (Å²) in [7, 11) is 1.31. The molecule has 3 aliphatic carbocycles. The predicted octanol–water partition coefficient (Wildman–Crippen LogP) is 0.212. The van der Waals surface area contributed by atoms with Crippen molar-refractivity contribution in [1.82, 2.24) is 14.5 Å². The number of H-pyrrole nitrogens is 1. The van der Waals surface area contributed by atoms with Crippen LogP contribution in [0.2, 0.25) is 0 Å². The van der Waals surface area contributed by atoms with Crippen LogP contribution in [0.25, 0.3) is 11.3 Å². The molecule has 1 saturated heterocycles. The Morgan fingerprint density at radius 2 is 1.91 bits per heavy atom. The Balaban J connectivity index is 1.64. The number of alkyl halides is 3. The highest BCUT2D eigenvalue weighted by atomic mass is 19.3. The minimum atomic E-state index is -2.94. The lowest BCUT2D eigenvalue weighted by Gasteiger charge is -2.35. The van der Waals surface area contributed by atoms with Gasteiger partial charge >= 0.3 is 5.69 Å². The zero-order valence-electron chi connectivity index (χ0n) is 18.2. The number of nitrogens with zero attached hydrogens (tertiary/aromatic N) is 2. The molecule has 0 spiro atoms. The number of methoxy groups -OCH3 is 1. The third-order valence-corrected chi connectivity index (χ3v) is 7.81. The average Bonchev–Trinajstić information content (AvgIpc) is 3.49. The highest BCUT2D eigenvalue weighted by Gasteiger charge is 2.52. The van der Waals surface area contributed by atoms with E-state index < -0.39 is 41.3 Å². The zero-order chi connectivity index (χ0) is 22.9. The monoisotopic (exact) mass is 454 g/mol. The van der Waals surface area contributed by atoms with Gasteiger partial charge in [-0.1, -0.05) is 0 Å². The van der Waals surface area contributed by atoms with E-state index in [0.29, 0.717) is 30.3 Å². The quantitative estimate of drug-likeness (QED) is 0.681. The molecule has 32 heavy (non-hydrogen) atoms. The maximum absolute atomic E-state index is 15.9. The maximum Gasteiger partial charge on any atom is 0.329 e. The Morgan fingerprint density at radius 1 is 1.19 bits per heavy atom. The average molecular weight is 454 g/mol. The van der Waals surface area contributed by atoms with Crippen molar-refractivity contribution in [3.8, 4) is 0 Å². The van der Waals surface area contributed by atoms with Gasteiger partial charge in [-0.05, 0) is 50.0 Å². The van der Waals surface area contributed by atoms with E-state index in [4.69, 9.17) is 10.5 Å². The Labute approximate surface area is 182 Å². The molecule has 0 amide bonds. The summed E-state index contributed by atoms with van der Waals surface area (Å²) in [4.78, 5) is 29.5. The first kappa shape index (κ1) is 21.8. The number of fused-ring (bicyclic) bond motifs is 2. The molecular formula is C22H29F3N4O3. The van der Waals surface area contributed by atoms with Crippen LogP contribution in [0.3, 0.4) is 0 Å². The molecule has 1 aromatic heterocycles. The molecule has 5 atom stereocenters. The molecule has 1 aliphatic heterocycles. The number of ether oxygens (including phenoxy) is 1. The van der Waals surface area contributed by atoms with Crippen LogP contribution in [0.1, 0.15) is 45.1 Å². The van der Waals surface area contributed by atoms with Crippen molar-refractivity contribution in [2.24, 2.45) is 17.6 Å². The van der Waals surface area contributed by atoms with E-state index >= 15 is 4.39 Å². The van der Waals surface area contributed by atoms with Crippen molar-refractivity contribution in [3.63, 3.8) is 0 Å². The number of hydrogen-bond acceptors (Lipinski definition) is 5. The molecule has 2 heterocycles. The topological polar surface area (TPSA) is 93.3 Å². The van der Waals surface area contributed by atoms with E-state index in [2.05, 4.69) is 4.98 Å². The standard InChI is InChI=1S/C22H29F3N4O3/c1-10-16-14(20(30)27-21(31)29(16)12-5-6-12)18(32-2)15(23)17(10)28-8-11-4-3-7-22(24,25)19(26)13(11)9-28/h11-13,15,17,19H,3-9,26H2,1-2H3,(H,27,30,31). The summed E-state index contributed by atoms with van der Waals surface area (Å²) in [6.07, 6.45) is 0.740. The number of likely N-dealkylation sites (tertiary alicyclic amines) is 1. The van der Waals surface area contributed by atoms with Gasteiger partial charge in [0.15, 0.2) is 6.17 Å². The van der Waals surface area contributed by atoms with Gasteiger partial charge < -0.3 is 10.5 Å². The van der Waals surface area contributed by atoms with Crippen LogP contribution >= 0.6 is 0 Å². The van der Waals surface area contributed by atoms with Gasteiger partial charge in [-0.15, -0.1) is 0 Å². The summed E-state index contributed by atoms with van der Waals surface area (Å²) in [6, 6.07) is -2.13. The van der Waals surface area contributed by atoms with E-state index in [-0.39, 0.29) is 35.9 Å². The number of halogens is 3. The van der Waals surface area contributed by atoms with Crippen molar-refractivity contribution in [2.75, 3.05) is 20.2 Å². The first-order valence-electron chi connectivity index (χ1n) is 11.3. The van der Waals surface area contributed by atoms with E-state index in [9.17, 15) is 18.4 Å². The normalized spacial score (nSPS) is 34.8. The van der Waals surface area contributed by atoms with E-state index in [1.165, 1.54) is 11.7 Å². The SMILES string of the molecule is COC1=c2c(=O)[nH]c(=O)n(C3CC3)c2=C(C)C(N2CC3CCCC(F)(F)C(N)C3C2)C1F. The second-order valence-corrected chi connectivity index (χ2v) is 9.74. The molecule has 10 heteroatoms. The Bertz CT molecular complexity index is 1170. The molecule has 5 unspecified atom stereocenters. The molecule has 5 rings (SSSR count). The van der Waals surface area contributed by atoms with Gasteiger partial charge in [-0.2, -0.15) is 0 Å². The summed E-state index contributed by atoms with van der Waals surface area (Å²) in [5.74, 6) is -3.54. The van der Waals surface area contributed by atoms with Gasteiger partial charge in [0.05, 0.1) is 24.5 Å². The summed E-state index contributed by atoms with van der Waals surface area (Å²) in [6.45, 7) is 2.41. The second-order valence-electron chi connectivity index (χ2n) is 9.74. The van der Waals surface area contributed by atoms with Gasteiger partial charge in [0, 0.05) is 25.6 Å². The van der Waals surface area contributed by atoms with Gasteiger partial charge in [0.25, 0.3) is 11.5 Å². The maximum atomic E-state index is 15.9. The van der Waals surface area contributed by atoms with Crippen LogP contribution in [0.5, 0.6) is 0 Å². The summed E-state index contributed by atoms with van der Waals surface area (Å²) >= 11 is 0. The van der Waals surface area contributed by atoms with Crippen molar-refractivity contribution >= 4 is 11.3 Å². The molecular weight excluding hydrogens is 425 g/mol. The lowest BCUT2D eigenvalue weighted by molar-refractivity contribution is -0.0457. The molecule has 7 nitrogen and oxygen atoms in total. The number of hydrogen-bond donors (Lipinski definition) is 2. The smallest absolute Gasteiger partial charge is 0.329 e. The molecule has 3 N–H and O–H groups in total. The first-order valence-corrected chi connectivity index (χ1v) is 11.3. The predicted molar refractivity (Wildman–Crippen MR) is 112 cm³/mol. The van der Waals surface area contributed by atoms with Crippen molar-refractivity contribution in [2.45, 2.75) is 69.2 Å². The fourth-order valence-electron chi connectivity index (χ4n) is 6.11. The fraction of sp³-hybridized carbons (Fsp3) is 0.727. The Morgan fingerprint density at radius 3 is 2.56 bits per heavy atom. The van der Waals surface area contributed by atoms with Crippen LogP contribution in [0.15, 0.2) is 9.59 Å². The van der Waals surface area contributed by atoms with Crippen molar-refractivity contribution in [3.05, 3.63) is 31.4 Å². The number of aromatic nitrogens is 2. The van der Waals surface area contributed by atoms with E-state index in [1.807, 2.05) is 4.90 Å². The van der Waals surface area contributed by atoms with E-state index in [1.54, 1.807) is 6.92 Å². The molecule has 2 saturated carbocycles. The summed E-state index contributed by atoms with van der Waals surface area (Å²) < 4.78 is 51.7.